The Morgan fingerprint density at radius 1 is 1.18 bits per heavy atom. The number of fused-ring (bicyclic) bond motifs is 5. The molecule has 5 aliphatic rings. The molecular formula is C29H23ClFN5O4. The van der Waals surface area contributed by atoms with Crippen LogP contribution in [0.1, 0.15) is 24.2 Å². The molecule has 0 N–H and O–H groups in total. The maximum absolute atomic E-state index is 15.6. The number of halogens is 2. The van der Waals surface area contributed by atoms with Gasteiger partial charge in [0.1, 0.15) is 40.3 Å². The van der Waals surface area contributed by atoms with Gasteiger partial charge in [-0.25, -0.2) is 14.4 Å². The van der Waals surface area contributed by atoms with Gasteiger partial charge in [-0.15, -0.1) is 0 Å². The van der Waals surface area contributed by atoms with E-state index in [0.29, 0.717) is 48.4 Å². The Bertz CT molecular complexity index is 1680. The van der Waals surface area contributed by atoms with Gasteiger partial charge in [0.2, 0.25) is 12.3 Å². The summed E-state index contributed by atoms with van der Waals surface area (Å²) in [6.45, 7) is 7.28. The molecule has 3 atom stereocenters. The Hall–Kier alpha value is -4.15. The number of benzene rings is 2. The molecular weight excluding hydrogens is 537 g/mol. The van der Waals surface area contributed by atoms with Crippen molar-refractivity contribution in [2.45, 2.75) is 25.4 Å². The Balaban J connectivity index is 1.42. The first kappa shape index (κ1) is 23.7. The number of ether oxygens (including phenoxy) is 3. The maximum Gasteiger partial charge on any atom is 0.246 e. The molecule has 6 heterocycles. The molecule has 40 heavy (non-hydrogen) atoms. The van der Waals surface area contributed by atoms with Gasteiger partial charge in [0.05, 0.1) is 23.4 Å². The first-order valence-electron chi connectivity index (χ1n) is 13.1. The summed E-state index contributed by atoms with van der Waals surface area (Å²) >= 11 is 7.03. The predicted molar refractivity (Wildman–Crippen MR) is 146 cm³/mol. The van der Waals surface area contributed by atoms with Gasteiger partial charge >= 0.3 is 0 Å². The van der Waals surface area contributed by atoms with E-state index < -0.39 is 12.2 Å². The lowest BCUT2D eigenvalue weighted by atomic mass is 10.0. The lowest BCUT2D eigenvalue weighted by molar-refractivity contribution is -0.128. The number of carbonyl (C=O) groups excluding carboxylic acids is 1. The molecule has 2 bridgehead atoms. The molecule has 1 aromatic heterocycles. The lowest BCUT2D eigenvalue weighted by Gasteiger charge is -2.45. The molecule has 2 unspecified atom stereocenters. The minimum absolute atomic E-state index is 0.136. The second kappa shape index (κ2) is 8.42. The molecule has 1 saturated heterocycles. The lowest BCUT2D eigenvalue weighted by Crippen LogP contribution is -2.58. The number of amidine groups is 1. The summed E-state index contributed by atoms with van der Waals surface area (Å²) in [6, 6.07) is 10.2. The summed E-state index contributed by atoms with van der Waals surface area (Å²) in [4.78, 5) is 28.3. The van der Waals surface area contributed by atoms with E-state index in [2.05, 4.69) is 11.5 Å². The molecule has 9 nitrogen and oxygen atoms in total. The number of piperazine rings is 1. The second-order valence-electron chi connectivity index (χ2n) is 10.3. The summed E-state index contributed by atoms with van der Waals surface area (Å²) < 4.78 is 34.8. The van der Waals surface area contributed by atoms with Gasteiger partial charge in [0, 0.05) is 25.2 Å². The first-order valence-corrected chi connectivity index (χ1v) is 13.5. The van der Waals surface area contributed by atoms with Crippen LogP contribution in [0.5, 0.6) is 17.2 Å². The number of hydrogen-bond acceptors (Lipinski definition) is 8. The molecule has 1 amide bonds. The highest BCUT2D eigenvalue weighted by Gasteiger charge is 2.47. The van der Waals surface area contributed by atoms with Gasteiger partial charge in [-0.2, -0.15) is 0 Å². The molecule has 2 aromatic carbocycles. The Kier molecular flexibility index (Phi) is 4.99. The Morgan fingerprint density at radius 3 is 2.85 bits per heavy atom. The number of aromatic nitrogens is 1. The largest absolute Gasteiger partial charge is 0.489 e. The molecule has 0 saturated carbocycles. The van der Waals surface area contributed by atoms with E-state index in [1.165, 1.54) is 12.1 Å². The van der Waals surface area contributed by atoms with Crippen molar-refractivity contribution in [3.63, 3.8) is 0 Å². The number of carbonyl (C=O) groups is 1. The zero-order valence-electron chi connectivity index (χ0n) is 21.4. The number of para-hydroxylation sites is 1. The zero-order valence-corrected chi connectivity index (χ0v) is 22.2. The predicted octanol–water partition coefficient (Wildman–Crippen LogP) is 5.01. The van der Waals surface area contributed by atoms with Crippen LogP contribution in [0.15, 0.2) is 54.0 Å². The molecule has 0 radical (unpaired) electrons. The number of hydrogen-bond donors (Lipinski definition) is 0. The van der Waals surface area contributed by atoms with E-state index in [0.717, 1.165) is 11.3 Å². The standard InChI is InChI=1S/C29H23ClFN5O4/c1-3-20(37)34-10-11-35-15(12-34)13-38-26-22-27(35)33-29-36-25-16(14(2)39-29)6-4-9-19(25)40-18-8-5-7-17(31)21(18)24(23(26)30)32-28(22)36/h3-9,14-15,29H,1,10-13H2,2H3/t14?,15-,29?/m0/s1. The smallest absolute Gasteiger partial charge is 0.246 e. The summed E-state index contributed by atoms with van der Waals surface area (Å²) in [5, 5.41) is 0.163. The Morgan fingerprint density at radius 2 is 2.00 bits per heavy atom. The molecule has 11 heteroatoms. The Labute approximate surface area is 234 Å². The third-order valence-electron chi connectivity index (χ3n) is 8.11. The average Bonchev–Trinajstić information content (AvgIpc) is 3.08. The summed E-state index contributed by atoms with van der Waals surface area (Å²) in [5.41, 5.74) is 2.60. The van der Waals surface area contributed by atoms with Gasteiger partial charge in [0.15, 0.2) is 17.3 Å². The monoisotopic (exact) mass is 559 g/mol. The van der Waals surface area contributed by atoms with E-state index in [9.17, 15) is 4.79 Å². The van der Waals surface area contributed by atoms with Crippen molar-refractivity contribution in [1.29, 1.82) is 0 Å². The van der Waals surface area contributed by atoms with Gasteiger partial charge in [-0.1, -0.05) is 36.4 Å². The van der Waals surface area contributed by atoms with Crippen LogP contribution >= 0.6 is 11.6 Å². The molecule has 3 aromatic rings. The van der Waals surface area contributed by atoms with E-state index in [-0.39, 0.29) is 46.7 Å². The summed E-state index contributed by atoms with van der Waals surface area (Å²) in [6.07, 6.45) is 0.258. The van der Waals surface area contributed by atoms with Crippen LogP contribution in [0.25, 0.3) is 11.3 Å². The fraction of sp³-hybridized carbons (Fsp3) is 0.276. The summed E-state index contributed by atoms with van der Waals surface area (Å²) in [5.74, 6) is 1.65. The summed E-state index contributed by atoms with van der Waals surface area (Å²) in [7, 11) is 0. The zero-order chi connectivity index (χ0) is 27.3. The van der Waals surface area contributed by atoms with Crippen molar-refractivity contribution >= 4 is 34.8 Å². The van der Waals surface area contributed by atoms with Crippen LogP contribution in [0.2, 0.25) is 5.02 Å². The highest BCUT2D eigenvalue weighted by molar-refractivity contribution is 6.36. The number of aliphatic imine (C=N–C) groups is 1. The third-order valence-corrected chi connectivity index (χ3v) is 8.46. The topological polar surface area (TPSA) is 79.7 Å². The molecule has 8 rings (SSSR count). The van der Waals surface area contributed by atoms with Crippen molar-refractivity contribution in [1.82, 2.24) is 14.8 Å². The van der Waals surface area contributed by atoms with Gasteiger partial charge in [-0.3, -0.25) is 9.69 Å². The fourth-order valence-corrected chi connectivity index (χ4v) is 6.54. The fourth-order valence-electron chi connectivity index (χ4n) is 6.25. The van der Waals surface area contributed by atoms with Crippen molar-refractivity contribution in [3.8, 4) is 28.5 Å². The highest BCUT2D eigenvalue weighted by atomic mass is 35.5. The van der Waals surface area contributed by atoms with Crippen molar-refractivity contribution in [2.24, 2.45) is 4.99 Å². The number of rotatable bonds is 1. The molecule has 5 aliphatic heterocycles. The quantitative estimate of drug-likeness (QED) is 0.388. The van der Waals surface area contributed by atoms with Crippen LogP contribution < -0.4 is 14.4 Å². The minimum atomic E-state index is -0.762. The van der Waals surface area contributed by atoms with Crippen LogP contribution in [0, 0.1) is 5.82 Å². The van der Waals surface area contributed by atoms with E-state index in [1.54, 1.807) is 17.0 Å². The number of pyridine rings is 1. The molecule has 202 valence electrons. The molecule has 1 fully saturated rings. The SMILES string of the molecule is C=CC(=O)N1CCN2C3=NC4OC(C)c5cccc6c5N4c4nc(c(Cl)c(c43)OC[C@@H]2C1)-c1c(F)cccc1O6. The number of anilines is 2. The van der Waals surface area contributed by atoms with Crippen LogP contribution in [0.3, 0.4) is 0 Å². The maximum atomic E-state index is 15.6. The van der Waals surface area contributed by atoms with Crippen LogP contribution in [-0.4, -0.2) is 65.2 Å². The highest BCUT2D eigenvalue weighted by Crippen LogP contribution is 2.55. The minimum Gasteiger partial charge on any atom is -0.489 e. The van der Waals surface area contributed by atoms with Crippen molar-refractivity contribution in [3.05, 3.63) is 71.0 Å². The van der Waals surface area contributed by atoms with E-state index in [4.69, 9.17) is 35.8 Å². The van der Waals surface area contributed by atoms with Crippen LogP contribution in [0.4, 0.5) is 15.9 Å². The van der Waals surface area contributed by atoms with Crippen molar-refractivity contribution < 1.29 is 23.4 Å². The van der Waals surface area contributed by atoms with Gasteiger partial charge in [-0.05, 0) is 31.2 Å². The average molecular weight is 560 g/mol. The first-order chi connectivity index (χ1) is 19.4. The van der Waals surface area contributed by atoms with Gasteiger partial charge < -0.3 is 24.0 Å². The number of nitrogens with zero attached hydrogens (tertiary/aromatic N) is 5. The van der Waals surface area contributed by atoms with E-state index in [1.807, 2.05) is 30.0 Å². The second-order valence-corrected chi connectivity index (χ2v) is 10.7. The van der Waals surface area contributed by atoms with Crippen LogP contribution in [-0.2, 0) is 9.53 Å². The van der Waals surface area contributed by atoms with Gasteiger partial charge in [0.25, 0.3) is 0 Å². The number of amides is 1. The van der Waals surface area contributed by atoms with Crippen molar-refractivity contribution in [2.75, 3.05) is 31.1 Å². The molecule has 0 aliphatic carbocycles. The van der Waals surface area contributed by atoms with E-state index >= 15 is 4.39 Å². The normalized spacial score (nSPS) is 23.2. The third kappa shape index (κ3) is 3.14. The molecule has 0 spiro atoms.